The van der Waals surface area contributed by atoms with Crippen LogP contribution in [0, 0.1) is 0 Å². The third-order valence-electron chi connectivity index (χ3n) is 4.25. The average Bonchev–Trinajstić information content (AvgIpc) is 2.64. The Morgan fingerprint density at radius 1 is 1.23 bits per heavy atom. The van der Waals surface area contributed by atoms with E-state index < -0.39 is 0 Å². The number of pyridine rings is 1. The Kier molecular flexibility index (Phi) is 7.45. The number of aromatic nitrogens is 1. The van der Waals surface area contributed by atoms with Gasteiger partial charge in [-0.25, -0.2) is 4.79 Å². The number of hydrogen-bond donors (Lipinski definition) is 1. The summed E-state index contributed by atoms with van der Waals surface area (Å²) in [6.07, 6.45) is 5.25. The summed E-state index contributed by atoms with van der Waals surface area (Å²) in [5, 5.41) is 3.01. The highest BCUT2D eigenvalue weighted by Crippen LogP contribution is 2.22. The van der Waals surface area contributed by atoms with Gasteiger partial charge in [-0.05, 0) is 49.9 Å². The first-order chi connectivity index (χ1) is 12.5. The van der Waals surface area contributed by atoms with Crippen LogP contribution in [0.4, 0.5) is 4.79 Å². The van der Waals surface area contributed by atoms with Crippen LogP contribution in [-0.2, 0) is 6.42 Å². The van der Waals surface area contributed by atoms with Crippen LogP contribution in [0.25, 0.3) is 0 Å². The van der Waals surface area contributed by atoms with E-state index in [0.717, 1.165) is 29.7 Å². The van der Waals surface area contributed by atoms with Gasteiger partial charge >= 0.3 is 6.03 Å². The van der Waals surface area contributed by atoms with Gasteiger partial charge < -0.3 is 15.0 Å². The van der Waals surface area contributed by atoms with Crippen molar-refractivity contribution in [1.82, 2.24) is 15.2 Å². The molecule has 2 rings (SSSR count). The van der Waals surface area contributed by atoms with E-state index in [1.807, 2.05) is 63.5 Å². The summed E-state index contributed by atoms with van der Waals surface area (Å²) < 4.78 is 5.83. The maximum Gasteiger partial charge on any atom is 0.317 e. The molecule has 1 aromatic heterocycles. The second kappa shape index (κ2) is 9.80. The summed E-state index contributed by atoms with van der Waals surface area (Å²) in [7, 11) is 1.83. The average molecular weight is 355 g/mol. The molecule has 5 heteroatoms. The van der Waals surface area contributed by atoms with Crippen molar-refractivity contribution in [3.05, 3.63) is 59.9 Å². The van der Waals surface area contributed by atoms with E-state index in [1.165, 1.54) is 0 Å². The van der Waals surface area contributed by atoms with E-state index in [4.69, 9.17) is 4.74 Å². The molecule has 0 bridgehead atoms. The summed E-state index contributed by atoms with van der Waals surface area (Å²) in [5.41, 5.74) is 2.15. The Morgan fingerprint density at radius 3 is 2.65 bits per heavy atom. The van der Waals surface area contributed by atoms with Crippen LogP contribution in [0.1, 0.15) is 44.4 Å². The van der Waals surface area contributed by atoms with Crippen molar-refractivity contribution in [2.24, 2.45) is 0 Å². The molecule has 0 aliphatic heterocycles. The molecule has 0 aliphatic rings. The molecule has 140 valence electrons. The zero-order valence-corrected chi connectivity index (χ0v) is 16.1. The lowest BCUT2D eigenvalue weighted by Crippen LogP contribution is -2.40. The number of nitrogens with zero attached hydrogens (tertiary/aromatic N) is 2. The zero-order valence-electron chi connectivity index (χ0n) is 16.1. The van der Waals surface area contributed by atoms with Crippen LogP contribution >= 0.6 is 0 Å². The molecule has 0 aliphatic carbocycles. The van der Waals surface area contributed by atoms with Gasteiger partial charge in [0.15, 0.2) is 0 Å². The van der Waals surface area contributed by atoms with Gasteiger partial charge in [-0.15, -0.1) is 0 Å². The number of ether oxygens (including phenoxy) is 1. The van der Waals surface area contributed by atoms with Crippen molar-refractivity contribution in [1.29, 1.82) is 0 Å². The highest BCUT2D eigenvalue weighted by Gasteiger charge is 2.20. The maximum absolute atomic E-state index is 12.5. The minimum Gasteiger partial charge on any atom is -0.491 e. The first kappa shape index (κ1) is 19.8. The van der Waals surface area contributed by atoms with E-state index in [0.29, 0.717) is 6.54 Å². The number of urea groups is 1. The lowest BCUT2D eigenvalue weighted by Gasteiger charge is -2.27. The Balaban J connectivity index is 1.92. The van der Waals surface area contributed by atoms with Gasteiger partial charge in [0.25, 0.3) is 0 Å². The molecule has 2 aromatic rings. The Hall–Kier alpha value is -2.56. The van der Waals surface area contributed by atoms with Gasteiger partial charge in [0.05, 0.1) is 12.1 Å². The second-order valence-electron chi connectivity index (χ2n) is 6.58. The molecular formula is C21H29N3O2. The van der Waals surface area contributed by atoms with Gasteiger partial charge in [0.2, 0.25) is 0 Å². The lowest BCUT2D eigenvalue weighted by molar-refractivity contribution is 0.188. The molecule has 2 amide bonds. The minimum absolute atomic E-state index is 0.0141. The standard InChI is InChI=1S/C21H29N3O2/c1-5-19(18-10-8-13-22-15-18)24(4)21(25)23-14-12-17-9-6-7-11-20(17)26-16(2)3/h6-11,13,15-16,19H,5,12,14H2,1-4H3,(H,23,25)/t19-/m1/s1. The van der Waals surface area contributed by atoms with Crippen LogP contribution in [-0.4, -0.2) is 35.6 Å². The SMILES string of the molecule is CC[C@H](c1cccnc1)N(C)C(=O)NCCc1ccccc1OC(C)C. The number of nitrogens with one attached hydrogen (secondary N) is 1. The number of benzene rings is 1. The summed E-state index contributed by atoms with van der Waals surface area (Å²) in [6.45, 7) is 6.65. The summed E-state index contributed by atoms with van der Waals surface area (Å²) >= 11 is 0. The summed E-state index contributed by atoms with van der Waals surface area (Å²) in [5.74, 6) is 0.881. The predicted molar refractivity (Wildman–Crippen MR) is 104 cm³/mol. The van der Waals surface area contributed by atoms with E-state index >= 15 is 0 Å². The van der Waals surface area contributed by atoms with E-state index in [1.54, 1.807) is 11.1 Å². The van der Waals surface area contributed by atoms with Crippen LogP contribution in [0.5, 0.6) is 5.75 Å². The summed E-state index contributed by atoms with van der Waals surface area (Å²) in [4.78, 5) is 18.4. The van der Waals surface area contributed by atoms with Gasteiger partial charge in [0, 0.05) is 26.0 Å². The highest BCUT2D eigenvalue weighted by molar-refractivity contribution is 5.74. The smallest absolute Gasteiger partial charge is 0.317 e. The van der Waals surface area contributed by atoms with Crippen molar-refractivity contribution in [3.63, 3.8) is 0 Å². The fourth-order valence-corrected chi connectivity index (χ4v) is 2.96. The van der Waals surface area contributed by atoms with Crippen molar-refractivity contribution in [2.45, 2.75) is 45.8 Å². The normalized spacial score (nSPS) is 11.9. The number of carbonyl (C=O) groups is 1. The first-order valence-electron chi connectivity index (χ1n) is 9.18. The summed E-state index contributed by atoms with van der Waals surface area (Å²) in [6, 6.07) is 11.8. The van der Waals surface area contributed by atoms with Crippen LogP contribution in [0.2, 0.25) is 0 Å². The molecule has 5 nitrogen and oxygen atoms in total. The van der Waals surface area contributed by atoms with Gasteiger partial charge in [-0.2, -0.15) is 0 Å². The van der Waals surface area contributed by atoms with Crippen LogP contribution in [0.3, 0.4) is 0 Å². The highest BCUT2D eigenvalue weighted by atomic mass is 16.5. The molecule has 0 spiro atoms. The third-order valence-corrected chi connectivity index (χ3v) is 4.25. The number of amides is 2. The van der Waals surface area contributed by atoms with Gasteiger partial charge in [-0.1, -0.05) is 31.2 Å². The van der Waals surface area contributed by atoms with Crippen molar-refractivity contribution >= 4 is 6.03 Å². The van der Waals surface area contributed by atoms with Crippen molar-refractivity contribution in [2.75, 3.05) is 13.6 Å². The second-order valence-corrected chi connectivity index (χ2v) is 6.58. The quantitative estimate of drug-likeness (QED) is 0.772. The van der Waals surface area contributed by atoms with Gasteiger partial charge in [0.1, 0.15) is 5.75 Å². The van der Waals surface area contributed by atoms with Crippen LogP contribution in [0.15, 0.2) is 48.8 Å². The number of carbonyl (C=O) groups excluding carboxylic acids is 1. The fraction of sp³-hybridized carbons (Fsp3) is 0.429. The molecule has 0 radical (unpaired) electrons. The van der Waals surface area contributed by atoms with Crippen LogP contribution < -0.4 is 10.1 Å². The topological polar surface area (TPSA) is 54.5 Å². The minimum atomic E-state index is -0.0806. The Bertz CT molecular complexity index is 689. The van der Waals surface area contributed by atoms with E-state index in [-0.39, 0.29) is 18.2 Å². The molecule has 0 fully saturated rings. The monoisotopic (exact) mass is 355 g/mol. The first-order valence-corrected chi connectivity index (χ1v) is 9.18. The molecule has 0 saturated heterocycles. The lowest BCUT2D eigenvalue weighted by atomic mass is 10.1. The molecule has 0 unspecified atom stereocenters. The number of hydrogen-bond acceptors (Lipinski definition) is 3. The molecule has 26 heavy (non-hydrogen) atoms. The molecule has 1 atom stereocenters. The van der Waals surface area contributed by atoms with E-state index in [9.17, 15) is 4.79 Å². The number of para-hydroxylation sites is 1. The van der Waals surface area contributed by atoms with E-state index in [2.05, 4.69) is 17.2 Å². The number of rotatable bonds is 8. The fourth-order valence-electron chi connectivity index (χ4n) is 2.96. The largest absolute Gasteiger partial charge is 0.491 e. The van der Waals surface area contributed by atoms with Crippen molar-refractivity contribution < 1.29 is 9.53 Å². The third kappa shape index (κ3) is 5.48. The zero-order chi connectivity index (χ0) is 18.9. The maximum atomic E-state index is 12.5. The molecule has 1 aromatic carbocycles. The molecular weight excluding hydrogens is 326 g/mol. The molecule has 1 N–H and O–H groups in total. The van der Waals surface area contributed by atoms with Gasteiger partial charge in [-0.3, -0.25) is 4.98 Å². The molecule has 1 heterocycles. The Labute approximate surface area is 156 Å². The Morgan fingerprint density at radius 2 is 2.00 bits per heavy atom. The van der Waals surface area contributed by atoms with Crippen molar-refractivity contribution in [3.8, 4) is 5.75 Å². The molecule has 0 saturated carbocycles. The predicted octanol–water partition coefficient (Wildman–Crippen LogP) is 4.20.